The number of urea groups is 1. The first-order valence-corrected chi connectivity index (χ1v) is 6.85. The van der Waals surface area contributed by atoms with E-state index in [-0.39, 0.29) is 6.54 Å². The maximum absolute atomic E-state index is 12.1. The molecule has 1 aromatic carbocycles. The zero-order valence-corrected chi connectivity index (χ0v) is 12.7. The molecule has 0 heterocycles. The molecule has 0 spiro atoms. The van der Waals surface area contributed by atoms with Crippen LogP contribution < -0.4 is 5.32 Å². The van der Waals surface area contributed by atoms with Crippen molar-refractivity contribution in [2.24, 2.45) is 5.92 Å². The van der Waals surface area contributed by atoms with Crippen molar-refractivity contribution >= 4 is 40.9 Å². The molecule has 2 amide bonds. The molecule has 0 bridgehead atoms. The first-order valence-electron chi connectivity index (χ1n) is 6.09. The highest BCUT2D eigenvalue weighted by molar-refractivity contribution is 6.39. The van der Waals surface area contributed by atoms with Gasteiger partial charge in [0, 0.05) is 13.1 Å². The van der Waals surface area contributed by atoms with Gasteiger partial charge >= 0.3 is 12.0 Å². The Balaban J connectivity index is 2.80. The molecule has 0 radical (unpaired) electrons. The van der Waals surface area contributed by atoms with Gasteiger partial charge in [0.25, 0.3) is 0 Å². The molecule has 0 aliphatic heterocycles. The van der Waals surface area contributed by atoms with Crippen molar-refractivity contribution in [3.8, 4) is 0 Å². The number of carboxylic acids is 1. The SMILES string of the molecule is CCN(CC(C)C(=O)O)C(=O)Nc1c(Cl)cccc1Cl. The van der Waals surface area contributed by atoms with Crippen LogP contribution >= 0.6 is 23.2 Å². The standard InChI is InChI=1S/C13H16Cl2N2O3/c1-3-17(7-8(2)12(18)19)13(20)16-11-9(14)5-4-6-10(11)15/h4-6,8H,3,7H2,1-2H3,(H,16,20)(H,18,19). The second kappa shape index (κ2) is 7.36. The van der Waals surface area contributed by atoms with E-state index in [9.17, 15) is 9.59 Å². The number of amides is 2. The fourth-order valence-corrected chi connectivity index (χ4v) is 2.06. The van der Waals surface area contributed by atoms with E-state index in [4.69, 9.17) is 28.3 Å². The highest BCUT2D eigenvalue weighted by Gasteiger charge is 2.20. The first kappa shape index (κ1) is 16.6. The molecular weight excluding hydrogens is 303 g/mol. The predicted molar refractivity (Wildman–Crippen MR) is 79.5 cm³/mol. The summed E-state index contributed by atoms with van der Waals surface area (Å²) in [7, 11) is 0. The van der Waals surface area contributed by atoms with E-state index in [1.807, 2.05) is 0 Å². The van der Waals surface area contributed by atoms with E-state index >= 15 is 0 Å². The average molecular weight is 319 g/mol. The van der Waals surface area contributed by atoms with Crippen LogP contribution in [0.4, 0.5) is 10.5 Å². The van der Waals surface area contributed by atoms with Crippen molar-refractivity contribution in [2.45, 2.75) is 13.8 Å². The molecule has 1 rings (SSSR count). The van der Waals surface area contributed by atoms with Crippen LogP contribution in [0.1, 0.15) is 13.8 Å². The monoisotopic (exact) mass is 318 g/mol. The Kier molecular flexibility index (Phi) is 6.10. The first-order chi connectivity index (χ1) is 9.36. The zero-order chi connectivity index (χ0) is 15.3. The summed E-state index contributed by atoms with van der Waals surface area (Å²) >= 11 is 11.9. The quantitative estimate of drug-likeness (QED) is 0.872. The van der Waals surface area contributed by atoms with Gasteiger partial charge in [-0.1, -0.05) is 36.2 Å². The molecule has 7 heteroatoms. The molecule has 5 nitrogen and oxygen atoms in total. The molecule has 0 aliphatic rings. The molecule has 0 saturated carbocycles. The van der Waals surface area contributed by atoms with Crippen molar-refractivity contribution < 1.29 is 14.7 Å². The molecule has 0 fully saturated rings. The van der Waals surface area contributed by atoms with Crippen molar-refractivity contribution in [2.75, 3.05) is 18.4 Å². The Bertz CT molecular complexity index is 488. The highest BCUT2D eigenvalue weighted by Crippen LogP contribution is 2.30. The van der Waals surface area contributed by atoms with Gasteiger partial charge in [-0.3, -0.25) is 4.79 Å². The second-order valence-electron chi connectivity index (χ2n) is 4.30. The van der Waals surface area contributed by atoms with E-state index in [1.165, 1.54) is 4.90 Å². The van der Waals surface area contributed by atoms with Crippen LogP contribution in [0.3, 0.4) is 0 Å². The van der Waals surface area contributed by atoms with Gasteiger partial charge in [-0.05, 0) is 19.1 Å². The third kappa shape index (κ3) is 4.28. The average Bonchev–Trinajstić information content (AvgIpc) is 2.39. The van der Waals surface area contributed by atoms with Gasteiger partial charge in [0.1, 0.15) is 0 Å². The summed E-state index contributed by atoms with van der Waals surface area (Å²) in [5.41, 5.74) is 0.322. The fourth-order valence-electron chi connectivity index (χ4n) is 1.57. The van der Waals surface area contributed by atoms with E-state index in [0.29, 0.717) is 22.3 Å². The minimum atomic E-state index is -0.952. The number of rotatable bonds is 5. The van der Waals surface area contributed by atoms with Gasteiger partial charge in [-0.15, -0.1) is 0 Å². The lowest BCUT2D eigenvalue weighted by molar-refractivity contribution is -0.141. The van der Waals surface area contributed by atoms with Crippen molar-refractivity contribution in [3.63, 3.8) is 0 Å². The Labute approximate surface area is 127 Å². The third-order valence-electron chi connectivity index (χ3n) is 2.78. The van der Waals surface area contributed by atoms with Crippen molar-refractivity contribution in [1.82, 2.24) is 4.90 Å². The number of halogens is 2. The topological polar surface area (TPSA) is 69.6 Å². The molecule has 20 heavy (non-hydrogen) atoms. The van der Waals surface area contributed by atoms with Crippen LogP contribution in [0.25, 0.3) is 0 Å². The smallest absolute Gasteiger partial charge is 0.321 e. The van der Waals surface area contributed by atoms with E-state index in [2.05, 4.69) is 5.32 Å². The second-order valence-corrected chi connectivity index (χ2v) is 5.12. The number of anilines is 1. The minimum absolute atomic E-state index is 0.111. The van der Waals surface area contributed by atoms with Crippen molar-refractivity contribution in [3.05, 3.63) is 28.2 Å². The number of carbonyl (C=O) groups excluding carboxylic acids is 1. The summed E-state index contributed by atoms with van der Waals surface area (Å²) in [6.45, 7) is 3.80. The summed E-state index contributed by atoms with van der Waals surface area (Å²) in [5.74, 6) is -1.60. The molecule has 1 aromatic rings. The fraction of sp³-hybridized carbons (Fsp3) is 0.385. The largest absolute Gasteiger partial charge is 0.481 e. The molecular formula is C13H16Cl2N2O3. The van der Waals surface area contributed by atoms with E-state index in [1.54, 1.807) is 32.0 Å². The minimum Gasteiger partial charge on any atom is -0.481 e. The van der Waals surface area contributed by atoms with Gasteiger partial charge in [0.05, 0.1) is 21.7 Å². The molecule has 0 aliphatic carbocycles. The third-order valence-corrected chi connectivity index (χ3v) is 3.41. The maximum atomic E-state index is 12.1. The summed E-state index contributed by atoms with van der Waals surface area (Å²) in [6, 6.07) is 4.46. The van der Waals surface area contributed by atoms with Crippen LogP contribution in [0.5, 0.6) is 0 Å². The summed E-state index contributed by atoms with van der Waals surface area (Å²) < 4.78 is 0. The van der Waals surface area contributed by atoms with Crippen LogP contribution in [0.15, 0.2) is 18.2 Å². The Hall–Kier alpha value is -1.46. The summed E-state index contributed by atoms with van der Waals surface area (Å²) in [5, 5.41) is 12.1. The van der Waals surface area contributed by atoms with Crippen molar-refractivity contribution in [1.29, 1.82) is 0 Å². The van der Waals surface area contributed by atoms with Gasteiger partial charge in [0.2, 0.25) is 0 Å². The zero-order valence-electron chi connectivity index (χ0n) is 11.2. The lowest BCUT2D eigenvalue weighted by Gasteiger charge is -2.23. The number of nitrogens with one attached hydrogen (secondary N) is 1. The van der Waals surface area contributed by atoms with Gasteiger partial charge in [0.15, 0.2) is 0 Å². The predicted octanol–water partition coefficient (Wildman–Crippen LogP) is 3.57. The lowest BCUT2D eigenvalue weighted by Crippen LogP contribution is -2.39. The molecule has 0 aromatic heterocycles. The Morgan fingerprint density at radius 2 is 1.90 bits per heavy atom. The number of para-hydroxylation sites is 1. The van der Waals surface area contributed by atoms with Gasteiger partial charge < -0.3 is 15.3 Å². The molecule has 1 atom stereocenters. The van der Waals surface area contributed by atoms with Gasteiger partial charge in [-0.2, -0.15) is 0 Å². The van der Waals surface area contributed by atoms with Crippen LogP contribution in [-0.2, 0) is 4.79 Å². The Morgan fingerprint density at radius 1 is 1.35 bits per heavy atom. The lowest BCUT2D eigenvalue weighted by atomic mass is 10.2. The van der Waals surface area contributed by atoms with Crippen LogP contribution in [0, 0.1) is 5.92 Å². The van der Waals surface area contributed by atoms with Crippen LogP contribution in [-0.4, -0.2) is 35.1 Å². The normalized spacial score (nSPS) is 11.8. The highest BCUT2D eigenvalue weighted by atomic mass is 35.5. The number of carbonyl (C=O) groups is 2. The van der Waals surface area contributed by atoms with Crippen LogP contribution in [0.2, 0.25) is 10.0 Å². The van der Waals surface area contributed by atoms with Gasteiger partial charge in [-0.25, -0.2) is 4.79 Å². The number of benzene rings is 1. The summed E-state index contributed by atoms with van der Waals surface area (Å²) in [4.78, 5) is 24.3. The number of hydrogen-bond donors (Lipinski definition) is 2. The number of carboxylic acid groups (broad SMARTS) is 1. The number of nitrogens with zero attached hydrogens (tertiary/aromatic N) is 1. The maximum Gasteiger partial charge on any atom is 0.321 e. The van der Waals surface area contributed by atoms with E-state index in [0.717, 1.165) is 0 Å². The molecule has 2 N–H and O–H groups in total. The molecule has 1 unspecified atom stereocenters. The number of hydrogen-bond acceptors (Lipinski definition) is 2. The Morgan fingerprint density at radius 3 is 2.35 bits per heavy atom. The summed E-state index contributed by atoms with van der Waals surface area (Å²) in [6.07, 6.45) is 0. The molecule has 0 saturated heterocycles. The number of aliphatic carboxylic acids is 1. The van der Waals surface area contributed by atoms with E-state index < -0.39 is 17.9 Å². The molecule has 110 valence electrons.